The van der Waals surface area contributed by atoms with Crippen molar-refractivity contribution in [3.05, 3.63) is 32.6 Å². The molecule has 0 saturated carbocycles. The zero-order chi connectivity index (χ0) is 16.7. The van der Waals surface area contributed by atoms with Crippen LogP contribution in [0.3, 0.4) is 0 Å². The van der Waals surface area contributed by atoms with Crippen LogP contribution in [0, 0.1) is 0 Å². The molecule has 1 heterocycles. The fourth-order valence-corrected chi connectivity index (χ4v) is 1.75. The Bertz CT molecular complexity index is 726. The van der Waals surface area contributed by atoms with Gasteiger partial charge < -0.3 is 10.4 Å². The van der Waals surface area contributed by atoms with E-state index in [9.17, 15) is 14.4 Å². The predicted octanol–water partition coefficient (Wildman–Crippen LogP) is 0.253. The Morgan fingerprint density at radius 1 is 1.43 bits per heavy atom. The van der Waals surface area contributed by atoms with E-state index in [1.165, 1.54) is 24.9 Å². The van der Waals surface area contributed by atoms with Gasteiger partial charge in [0.05, 0.1) is 0 Å². The van der Waals surface area contributed by atoms with Crippen LogP contribution >= 0.6 is 24.0 Å². The molecule has 1 aromatic rings. The highest BCUT2D eigenvalue weighted by molar-refractivity contribution is 14.0. The molecular weight excluding hydrogens is 417 g/mol. The number of halogens is 1. The molecule has 0 aliphatic heterocycles. The molecule has 130 valence electrons. The highest BCUT2D eigenvalue weighted by Crippen LogP contribution is 1.93. The first-order chi connectivity index (χ1) is 10.5. The molecule has 11 heteroatoms. The Labute approximate surface area is 151 Å². The van der Waals surface area contributed by atoms with Crippen molar-refractivity contribution >= 4 is 35.8 Å². The lowest BCUT2D eigenvalue weighted by Gasteiger charge is -2.09. The van der Waals surface area contributed by atoms with Crippen molar-refractivity contribution in [1.82, 2.24) is 14.5 Å². The van der Waals surface area contributed by atoms with Crippen LogP contribution in [0.2, 0.25) is 0 Å². The van der Waals surface area contributed by atoms with Crippen LogP contribution in [0.15, 0.2) is 31.1 Å². The van der Waals surface area contributed by atoms with E-state index in [4.69, 9.17) is 5.84 Å². The Balaban J connectivity index is 0. The van der Waals surface area contributed by atoms with Gasteiger partial charge in [0.25, 0.3) is 11.5 Å². The van der Waals surface area contributed by atoms with Gasteiger partial charge >= 0.3 is 5.69 Å². The summed E-state index contributed by atoms with van der Waals surface area (Å²) in [5.74, 6) is 4.01. The van der Waals surface area contributed by atoms with E-state index < -0.39 is 17.2 Å². The first-order valence-electron chi connectivity index (χ1n) is 6.65. The lowest BCUT2D eigenvalue weighted by molar-refractivity contribution is 0.0973. The van der Waals surface area contributed by atoms with Gasteiger partial charge in [0, 0.05) is 28.3 Å². The van der Waals surface area contributed by atoms with Crippen molar-refractivity contribution in [3.63, 3.8) is 0 Å². The number of rotatable bonds is 4. The molecule has 1 amide bonds. The quantitative estimate of drug-likeness (QED) is 0.174. The highest BCUT2D eigenvalue weighted by atomic mass is 127. The van der Waals surface area contributed by atoms with E-state index in [0.717, 1.165) is 11.0 Å². The molecule has 3 N–H and O–H groups in total. The van der Waals surface area contributed by atoms with Crippen molar-refractivity contribution in [1.29, 1.82) is 0 Å². The molecule has 0 aliphatic rings. The number of carbonyl (C=O) groups excluding carboxylic acids is 1. The molecule has 10 nitrogen and oxygen atoms in total. The number of guanidine groups is 1. The Morgan fingerprint density at radius 3 is 2.61 bits per heavy atom. The number of nitrogens with zero attached hydrogens (tertiary/aromatic N) is 5. The number of amides is 1. The first kappa shape index (κ1) is 20.9. The number of nitrogens with two attached hydrogens (primary N) is 1. The zero-order valence-corrected chi connectivity index (χ0v) is 15.5. The average Bonchev–Trinajstić information content (AvgIpc) is 2.50. The Kier molecular flexibility index (Phi) is 8.98. The van der Waals surface area contributed by atoms with E-state index in [0.29, 0.717) is 6.42 Å². The maximum Gasteiger partial charge on any atom is 0.330 e. The molecule has 0 atom stereocenters. The van der Waals surface area contributed by atoms with Gasteiger partial charge in [-0.3, -0.25) is 24.5 Å². The summed E-state index contributed by atoms with van der Waals surface area (Å²) in [5, 5.41) is 8.70. The van der Waals surface area contributed by atoms with E-state index in [1.807, 2.05) is 6.92 Å². The smallest absolute Gasteiger partial charge is 0.304 e. The van der Waals surface area contributed by atoms with Gasteiger partial charge in [-0.25, -0.2) is 4.79 Å². The van der Waals surface area contributed by atoms with Gasteiger partial charge in [-0.15, -0.1) is 24.0 Å². The van der Waals surface area contributed by atoms with E-state index in [2.05, 4.69) is 20.6 Å². The van der Waals surface area contributed by atoms with Crippen molar-refractivity contribution < 1.29 is 6.22 Å². The largest absolute Gasteiger partial charge is 0.330 e. The third-order valence-electron chi connectivity index (χ3n) is 2.90. The van der Waals surface area contributed by atoms with Crippen LogP contribution in [-0.4, -0.2) is 28.0 Å². The monoisotopic (exact) mass is 439 g/mol. The summed E-state index contributed by atoms with van der Waals surface area (Å²) in [5.41, 5.74) is -1.32. The average molecular weight is 439 g/mol. The standard InChI is InChI=1S/C12H19N7O3.HI.H2/c1-4-5-6-19-10(21)8(7-18(3)12(19)22)9(20)15-11(14-2)16-17-13;;/h7H,4-6H2,1-3H3,(H3,13,14,15,16,20);2*1H. The molecule has 0 unspecified atom stereocenters. The molecule has 23 heavy (non-hydrogen) atoms. The van der Waals surface area contributed by atoms with E-state index in [-0.39, 0.29) is 43.5 Å². The number of aromatic nitrogens is 2. The summed E-state index contributed by atoms with van der Waals surface area (Å²) in [6.07, 6.45) is 2.65. The van der Waals surface area contributed by atoms with Crippen molar-refractivity contribution in [2.45, 2.75) is 26.3 Å². The van der Waals surface area contributed by atoms with Gasteiger partial charge in [-0.1, -0.05) is 23.7 Å². The van der Waals surface area contributed by atoms with Crippen molar-refractivity contribution in [2.75, 3.05) is 7.05 Å². The number of unbranched alkanes of at least 4 members (excludes halogenated alkanes) is 1. The van der Waals surface area contributed by atoms with Crippen LogP contribution in [0.4, 0.5) is 0 Å². The number of carbonyl (C=O) groups is 1. The van der Waals surface area contributed by atoms with Crippen LogP contribution < -0.4 is 22.4 Å². The Hall–Kier alpha value is -2.05. The summed E-state index contributed by atoms with van der Waals surface area (Å²) in [6.45, 7) is 2.19. The second-order valence-corrected chi connectivity index (χ2v) is 4.46. The topological polar surface area (TPSA) is 136 Å². The minimum atomic E-state index is -0.737. The van der Waals surface area contributed by atoms with E-state index in [1.54, 1.807) is 0 Å². The number of hydrogen-bond acceptors (Lipinski definition) is 5. The fourth-order valence-electron chi connectivity index (χ4n) is 1.75. The minimum Gasteiger partial charge on any atom is -0.304 e. The number of nitrogens with one attached hydrogen (secondary N) is 1. The minimum absolute atomic E-state index is 0. The normalized spacial score (nSPS) is 11.3. The number of hydrogen-bond donors (Lipinski definition) is 2. The molecule has 0 bridgehead atoms. The van der Waals surface area contributed by atoms with Crippen LogP contribution in [0.1, 0.15) is 31.6 Å². The zero-order valence-electron chi connectivity index (χ0n) is 13.1. The maximum atomic E-state index is 12.3. The Morgan fingerprint density at radius 2 is 2.09 bits per heavy atom. The SMILES string of the molecule is CCCCn1c(=O)c(C(=O)NC(=NC)/N=N\N)cn(C)c1=O.I.[HH]. The van der Waals surface area contributed by atoms with Crippen molar-refractivity contribution in [2.24, 2.45) is 28.2 Å². The van der Waals surface area contributed by atoms with Crippen LogP contribution in [0.25, 0.3) is 0 Å². The highest BCUT2D eigenvalue weighted by Gasteiger charge is 2.17. The third-order valence-corrected chi connectivity index (χ3v) is 2.90. The van der Waals surface area contributed by atoms with Gasteiger partial charge in [0.1, 0.15) is 5.56 Å². The van der Waals surface area contributed by atoms with Gasteiger partial charge in [0.2, 0.25) is 5.96 Å². The molecular formula is C12H22IN7O3. The molecule has 0 aromatic carbocycles. The van der Waals surface area contributed by atoms with Gasteiger partial charge in [-0.2, -0.15) is 0 Å². The lowest BCUT2D eigenvalue weighted by atomic mass is 10.3. The van der Waals surface area contributed by atoms with Gasteiger partial charge in [0.15, 0.2) is 0 Å². The van der Waals surface area contributed by atoms with Crippen LogP contribution in [-0.2, 0) is 13.6 Å². The van der Waals surface area contributed by atoms with Crippen molar-refractivity contribution in [3.8, 4) is 0 Å². The number of aryl methyl sites for hydroxylation is 1. The summed E-state index contributed by atoms with van der Waals surface area (Å²) in [7, 11) is 2.85. The second kappa shape index (κ2) is 9.86. The predicted molar refractivity (Wildman–Crippen MR) is 98.2 cm³/mol. The molecule has 0 spiro atoms. The molecule has 1 rings (SSSR count). The van der Waals surface area contributed by atoms with E-state index >= 15 is 0 Å². The molecule has 0 radical (unpaired) electrons. The molecule has 0 aliphatic carbocycles. The number of aliphatic imine (C=N–C) groups is 1. The molecule has 0 fully saturated rings. The third kappa shape index (κ3) is 5.26. The summed E-state index contributed by atoms with van der Waals surface area (Å²) < 4.78 is 2.21. The summed E-state index contributed by atoms with van der Waals surface area (Å²) in [4.78, 5) is 40.0. The summed E-state index contributed by atoms with van der Waals surface area (Å²) in [6, 6.07) is 0. The lowest BCUT2D eigenvalue weighted by Crippen LogP contribution is -2.44. The maximum absolute atomic E-state index is 12.3. The first-order valence-corrected chi connectivity index (χ1v) is 6.65. The second-order valence-electron chi connectivity index (χ2n) is 4.46. The summed E-state index contributed by atoms with van der Waals surface area (Å²) >= 11 is 0. The molecule has 0 saturated heterocycles. The fraction of sp³-hybridized carbons (Fsp3) is 0.500. The molecule has 1 aromatic heterocycles. The van der Waals surface area contributed by atoms with Crippen LogP contribution in [0.5, 0.6) is 0 Å². The van der Waals surface area contributed by atoms with Gasteiger partial charge in [-0.05, 0) is 6.42 Å².